The highest BCUT2D eigenvalue weighted by Crippen LogP contribution is 2.37. The molecule has 5 nitrogen and oxygen atoms in total. The summed E-state index contributed by atoms with van der Waals surface area (Å²) in [5.74, 6) is -0.292. The minimum absolute atomic E-state index is 0.0924. The van der Waals surface area contributed by atoms with Crippen LogP contribution in [0.15, 0.2) is 115 Å². The van der Waals surface area contributed by atoms with Gasteiger partial charge in [0.05, 0.1) is 18.2 Å². The molecule has 4 aromatic carbocycles. The van der Waals surface area contributed by atoms with Gasteiger partial charge in [-0.25, -0.2) is 0 Å². The van der Waals surface area contributed by atoms with Crippen molar-refractivity contribution in [3.63, 3.8) is 0 Å². The van der Waals surface area contributed by atoms with E-state index in [1.54, 1.807) is 11.0 Å². The number of benzene rings is 4. The fourth-order valence-electron chi connectivity index (χ4n) is 4.59. The molecule has 180 valence electrons. The normalized spacial score (nSPS) is 14.6. The second-order valence-electron chi connectivity index (χ2n) is 8.80. The highest BCUT2D eigenvalue weighted by atomic mass is 16.5. The molecule has 1 heterocycles. The molecule has 2 amide bonds. The lowest BCUT2D eigenvalue weighted by Gasteiger charge is -2.36. The number of hydrogen-bond donors (Lipinski definition) is 1. The Labute approximate surface area is 211 Å². The summed E-state index contributed by atoms with van der Waals surface area (Å²) in [4.78, 5) is 29.0. The van der Waals surface area contributed by atoms with Crippen molar-refractivity contribution < 1.29 is 14.3 Å². The zero-order valence-electron chi connectivity index (χ0n) is 19.9. The van der Waals surface area contributed by atoms with E-state index in [2.05, 4.69) is 5.32 Å². The number of amides is 2. The fraction of sp³-hybridized carbons (Fsp3) is 0.161. The van der Waals surface area contributed by atoms with Gasteiger partial charge in [-0.3, -0.25) is 9.59 Å². The molecular weight excluding hydrogens is 448 g/mol. The minimum Gasteiger partial charge on any atom is -0.477 e. The third-order valence-corrected chi connectivity index (χ3v) is 6.40. The van der Waals surface area contributed by atoms with E-state index in [0.29, 0.717) is 18.0 Å². The second-order valence-corrected chi connectivity index (χ2v) is 8.80. The quantitative estimate of drug-likeness (QED) is 0.410. The van der Waals surface area contributed by atoms with Gasteiger partial charge in [-0.1, -0.05) is 103 Å². The molecule has 0 radical (unpaired) electrons. The Kier molecular flexibility index (Phi) is 7.08. The largest absolute Gasteiger partial charge is 0.477 e. The van der Waals surface area contributed by atoms with Crippen LogP contribution in [0.5, 0.6) is 5.75 Å². The van der Waals surface area contributed by atoms with Gasteiger partial charge in [-0.05, 0) is 35.2 Å². The second kappa shape index (κ2) is 10.9. The van der Waals surface area contributed by atoms with Crippen LogP contribution in [0, 0.1) is 0 Å². The molecule has 0 bridgehead atoms. The van der Waals surface area contributed by atoms with Crippen LogP contribution in [0.2, 0.25) is 0 Å². The van der Waals surface area contributed by atoms with Gasteiger partial charge in [-0.2, -0.15) is 0 Å². The topological polar surface area (TPSA) is 58.6 Å². The number of para-hydroxylation sites is 2. The number of carbonyl (C=O) groups is 2. The highest BCUT2D eigenvalue weighted by Gasteiger charge is 2.37. The first-order chi connectivity index (χ1) is 17.7. The fourth-order valence-corrected chi connectivity index (χ4v) is 4.59. The molecule has 0 fully saturated rings. The van der Waals surface area contributed by atoms with E-state index >= 15 is 0 Å². The van der Waals surface area contributed by atoms with E-state index in [1.165, 1.54) is 0 Å². The van der Waals surface area contributed by atoms with Crippen molar-refractivity contribution >= 4 is 17.5 Å². The molecule has 0 saturated carbocycles. The molecule has 5 rings (SSSR count). The van der Waals surface area contributed by atoms with Crippen molar-refractivity contribution in [3.8, 4) is 5.75 Å². The Hall–Kier alpha value is -4.38. The molecular formula is C31H28N2O3. The number of nitrogens with zero attached hydrogens (tertiary/aromatic N) is 1. The van der Waals surface area contributed by atoms with Crippen LogP contribution < -0.4 is 15.0 Å². The number of hydrogen-bond acceptors (Lipinski definition) is 3. The molecule has 5 heteroatoms. The summed E-state index contributed by atoms with van der Waals surface area (Å²) < 4.78 is 6.06. The van der Waals surface area contributed by atoms with E-state index in [4.69, 9.17) is 4.74 Å². The van der Waals surface area contributed by atoms with Crippen molar-refractivity contribution in [2.24, 2.45) is 0 Å². The van der Waals surface area contributed by atoms with Crippen LogP contribution in [-0.4, -0.2) is 31.0 Å². The van der Waals surface area contributed by atoms with Crippen molar-refractivity contribution in [1.29, 1.82) is 0 Å². The molecule has 0 spiro atoms. The monoisotopic (exact) mass is 476 g/mol. The summed E-state index contributed by atoms with van der Waals surface area (Å²) in [6, 6.07) is 36.9. The molecule has 1 N–H and O–H groups in total. The van der Waals surface area contributed by atoms with Gasteiger partial charge < -0.3 is 15.0 Å². The smallest absolute Gasteiger partial charge is 0.262 e. The van der Waals surface area contributed by atoms with E-state index < -0.39 is 12.0 Å². The number of rotatable bonds is 7. The number of carbonyl (C=O) groups excluding carboxylic acids is 2. The van der Waals surface area contributed by atoms with Gasteiger partial charge in [0.1, 0.15) is 5.75 Å². The zero-order valence-corrected chi connectivity index (χ0v) is 19.9. The Morgan fingerprint density at radius 1 is 0.778 bits per heavy atom. The Morgan fingerprint density at radius 3 is 1.97 bits per heavy atom. The number of anilines is 1. The molecule has 0 aliphatic carbocycles. The van der Waals surface area contributed by atoms with Crippen molar-refractivity contribution in [2.75, 3.05) is 18.0 Å². The van der Waals surface area contributed by atoms with Crippen molar-refractivity contribution in [1.82, 2.24) is 5.32 Å². The van der Waals surface area contributed by atoms with Crippen LogP contribution >= 0.6 is 0 Å². The third-order valence-electron chi connectivity index (χ3n) is 6.40. The minimum atomic E-state index is -0.799. The van der Waals surface area contributed by atoms with Gasteiger partial charge in [0, 0.05) is 6.54 Å². The molecule has 1 atom stereocenters. The summed E-state index contributed by atoms with van der Waals surface area (Å²) in [5, 5.41) is 2.98. The van der Waals surface area contributed by atoms with Gasteiger partial charge >= 0.3 is 0 Å². The average Bonchev–Trinajstić information content (AvgIpc) is 2.94. The van der Waals surface area contributed by atoms with Crippen LogP contribution in [0.1, 0.15) is 22.6 Å². The predicted octanol–water partition coefficient (Wildman–Crippen LogP) is 4.97. The molecule has 1 unspecified atom stereocenters. The van der Waals surface area contributed by atoms with Crippen LogP contribution in [-0.2, 0) is 16.0 Å². The summed E-state index contributed by atoms with van der Waals surface area (Å²) in [5.41, 5.74) is 3.63. The van der Waals surface area contributed by atoms with E-state index in [0.717, 1.165) is 23.1 Å². The SMILES string of the molecule is O=C(NCCc1ccccc1)C1CN(C(=O)C(c2ccccc2)c2ccccc2)c2ccccc2O1. The van der Waals surface area contributed by atoms with Crippen LogP contribution in [0.4, 0.5) is 5.69 Å². The number of nitrogens with one attached hydrogen (secondary N) is 1. The summed E-state index contributed by atoms with van der Waals surface area (Å²) in [7, 11) is 0. The lowest BCUT2D eigenvalue weighted by atomic mass is 9.89. The summed E-state index contributed by atoms with van der Waals surface area (Å²) >= 11 is 0. The Bertz CT molecular complexity index is 1270. The van der Waals surface area contributed by atoms with Crippen molar-refractivity contribution in [2.45, 2.75) is 18.4 Å². The molecule has 36 heavy (non-hydrogen) atoms. The predicted molar refractivity (Wildman–Crippen MR) is 141 cm³/mol. The zero-order chi connectivity index (χ0) is 24.7. The maximum atomic E-state index is 14.2. The lowest BCUT2D eigenvalue weighted by Crippen LogP contribution is -2.52. The van der Waals surface area contributed by atoms with Gasteiger partial charge in [0.15, 0.2) is 6.10 Å². The average molecular weight is 477 g/mol. The van der Waals surface area contributed by atoms with Gasteiger partial charge in [-0.15, -0.1) is 0 Å². The molecule has 1 aliphatic heterocycles. The van der Waals surface area contributed by atoms with Gasteiger partial charge in [0.2, 0.25) is 5.91 Å². The summed E-state index contributed by atoms with van der Waals surface area (Å²) in [6.45, 7) is 0.637. The molecule has 0 aromatic heterocycles. The van der Waals surface area contributed by atoms with E-state index in [1.807, 2.05) is 109 Å². The Morgan fingerprint density at radius 2 is 1.33 bits per heavy atom. The van der Waals surface area contributed by atoms with Crippen LogP contribution in [0.3, 0.4) is 0 Å². The number of ether oxygens (including phenoxy) is 1. The van der Waals surface area contributed by atoms with Crippen molar-refractivity contribution in [3.05, 3.63) is 132 Å². The first kappa shape index (κ1) is 23.4. The summed E-state index contributed by atoms with van der Waals surface area (Å²) in [6.07, 6.45) is -0.0744. The first-order valence-electron chi connectivity index (χ1n) is 12.2. The molecule has 0 saturated heterocycles. The van der Waals surface area contributed by atoms with Crippen LogP contribution in [0.25, 0.3) is 0 Å². The van der Waals surface area contributed by atoms with E-state index in [9.17, 15) is 9.59 Å². The third kappa shape index (κ3) is 5.15. The highest BCUT2D eigenvalue weighted by molar-refractivity contribution is 6.02. The molecule has 1 aliphatic rings. The first-order valence-corrected chi connectivity index (χ1v) is 12.2. The van der Waals surface area contributed by atoms with E-state index in [-0.39, 0.29) is 18.4 Å². The molecule has 4 aromatic rings. The maximum Gasteiger partial charge on any atom is 0.262 e. The lowest BCUT2D eigenvalue weighted by molar-refractivity contribution is -0.128. The number of fused-ring (bicyclic) bond motifs is 1. The Balaban J connectivity index is 1.40. The maximum absolute atomic E-state index is 14.2. The standard InChI is InChI=1S/C31H28N2O3/c34-30(32-21-20-23-12-4-1-5-13-23)28-22-33(26-18-10-11-19-27(26)36-28)31(35)29(24-14-6-2-7-15-24)25-16-8-3-9-17-25/h1-19,28-29H,20-22H2,(H,32,34). The van der Waals surface area contributed by atoms with Gasteiger partial charge in [0.25, 0.3) is 5.91 Å².